The van der Waals surface area contributed by atoms with Crippen LogP contribution in [0, 0.1) is 0 Å². The summed E-state index contributed by atoms with van der Waals surface area (Å²) in [5.74, 6) is -0.0971. The fraction of sp³-hybridized carbons (Fsp3) is 0.357. The highest BCUT2D eigenvalue weighted by Gasteiger charge is 2.17. The van der Waals surface area contributed by atoms with Gasteiger partial charge in [-0.1, -0.05) is 28.9 Å². The van der Waals surface area contributed by atoms with Crippen molar-refractivity contribution in [3.63, 3.8) is 0 Å². The van der Waals surface area contributed by atoms with Gasteiger partial charge in [0.25, 0.3) is 5.91 Å². The Balaban J connectivity index is 2.15. The van der Waals surface area contributed by atoms with Gasteiger partial charge in [0.05, 0.1) is 5.69 Å². The summed E-state index contributed by atoms with van der Waals surface area (Å²) in [5, 5.41) is 3.84. The third-order valence-corrected chi connectivity index (χ3v) is 5.06. The van der Waals surface area contributed by atoms with E-state index in [1.54, 1.807) is 0 Å². The predicted octanol–water partition coefficient (Wildman–Crippen LogP) is 2.93. The van der Waals surface area contributed by atoms with Crippen molar-refractivity contribution >= 4 is 48.9 Å². The van der Waals surface area contributed by atoms with Crippen molar-refractivity contribution in [3.8, 4) is 0 Å². The van der Waals surface area contributed by atoms with E-state index in [0.717, 1.165) is 27.6 Å². The van der Waals surface area contributed by atoms with E-state index in [9.17, 15) is 4.79 Å². The molecule has 1 amide bonds. The number of nitrogen functional groups attached to an aromatic ring is 1. The number of hydrogen-bond donors (Lipinski definition) is 2. The molecule has 6 heteroatoms. The van der Waals surface area contributed by atoms with Crippen molar-refractivity contribution in [2.75, 3.05) is 32.4 Å². The van der Waals surface area contributed by atoms with Crippen LogP contribution in [0.15, 0.2) is 22.7 Å². The number of thiophene rings is 1. The second-order valence-corrected chi connectivity index (χ2v) is 6.52. The minimum atomic E-state index is -0.0971. The summed E-state index contributed by atoms with van der Waals surface area (Å²) in [4.78, 5) is 14.9. The zero-order valence-electron chi connectivity index (χ0n) is 11.6. The first-order chi connectivity index (χ1) is 9.54. The first-order valence-corrected chi connectivity index (χ1v) is 8.08. The molecule has 2 rings (SSSR count). The van der Waals surface area contributed by atoms with Gasteiger partial charge in [-0.3, -0.25) is 4.79 Å². The standard InChI is InChI=1S/C14H18BrN3OS/c1-3-18(2)8-7-17-14(19)13-12(16)11-9(15)5-4-6-10(11)20-13/h4-6H,3,7-8,16H2,1-2H3,(H,17,19). The summed E-state index contributed by atoms with van der Waals surface area (Å²) in [7, 11) is 2.02. The van der Waals surface area contributed by atoms with E-state index in [1.807, 2.05) is 25.2 Å². The third kappa shape index (κ3) is 3.13. The van der Waals surface area contributed by atoms with Crippen LogP contribution in [0.1, 0.15) is 16.6 Å². The van der Waals surface area contributed by atoms with E-state index >= 15 is 0 Å². The number of nitrogens with zero attached hydrogens (tertiary/aromatic N) is 1. The normalized spacial score (nSPS) is 11.2. The van der Waals surface area contributed by atoms with E-state index in [4.69, 9.17) is 5.73 Å². The molecular formula is C14H18BrN3OS. The lowest BCUT2D eigenvalue weighted by Gasteiger charge is -2.13. The molecule has 20 heavy (non-hydrogen) atoms. The lowest BCUT2D eigenvalue weighted by Crippen LogP contribution is -2.32. The second kappa shape index (κ2) is 6.56. The molecule has 108 valence electrons. The molecule has 0 spiro atoms. The number of rotatable bonds is 5. The van der Waals surface area contributed by atoms with Crippen LogP contribution in [0.25, 0.3) is 10.1 Å². The zero-order valence-corrected chi connectivity index (χ0v) is 14.0. The minimum absolute atomic E-state index is 0.0971. The maximum Gasteiger partial charge on any atom is 0.263 e. The predicted molar refractivity (Wildman–Crippen MR) is 89.4 cm³/mol. The fourth-order valence-electron chi connectivity index (χ4n) is 1.90. The van der Waals surface area contributed by atoms with Crippen LogP contribution >= 0.6 is 27.3 Å². The molecule has 2 aromatic rings. The molecule has 0 aliphatic rings. The van der Waals surface area contributed by atoms with Crippen LogP contribution in [-0.2, 0) is 0 Å². The van der Waals surface area contributed by atoms with Gasteiger partial charge in [-0.15, -0.1) is 11.3 Å². The van der Waals surface area contributed by atoms with Crippen LogP contribution in [-0.4, -0.2) is 37.5 Å². The molecule has 0 aliphatic heterocycles. The number of nitrogens with one attached hydrogen (secondary N) is 1. The summed E-state index contributed by atoms with van der Waals surface area (Å²) in [6.07, 6.45) is 0. The molecule has 0 saturated heterocycles. The Labute approximate surface area is 131 Å². The van der Waals surface area contributed by atoms with Crippen molar-refractivity contribution in [1.82, 2.24) is 10.2 Å². The molecule has 0 saturated carbocycles. The summed E-state index contributed by atoms with van der Waals surface area (Å²) in [5.41, 5.74) is 6.66. The summed E-state index contributed by atoms with van der Waals surface area (Å²) in [6, 6.07) is 5.85. The average molecular weight is 356 g/mol. The highest BCUT2D eigenvalue weighted by Crippen LogP contribution is 2.37. The zero-order chi connectivity index (χ0) is 14.7. The summed E-state index contributed by atoms with van der Waals surface area (Å²) in [6.45, 7) is 4.51. The monoisotopic (exact) mass is 355 g/mol. The van der Waals surface area contributed by atoms with Gasteiger partial charge >= 0.3 is 0 Å². The van der Waals surface area contributed by atoms with Crippen LogP contribution in [0.2, 0.25) is 0 Å². The highest BCUT2D eigenvalue weighted by molar-refractivity contribution is 9.10. The Morgan fingerprint density at radius 3 is 2.90 bits per heavy atom. The van der Waals surface area contributed by atoms with Crippen molar-refractivity contribution in [1.29, 1.82) is 0 Å². The summed E-state index contributed by atoms with van der Waals surface area (Å²) < 4.78 is 1.95. The molecule has 3 N–H and O–H groups in total. The Morgan fingerprint density at radius 1 is 1.50 bits per heavy atom. The van der Waals surface area contributed by atoms with E-state index in [2.05, 4.69) is 33.1 Å². The molecule has 4 nitrogen and oxygen atoms in total. The second-order valence-electron chi connectivity index (χ2n) is 4.61. The van der Waals surface area contributed by atoms with Crippen LogP contribution in [0.4, 0.5) is 5.69 Å². The van der Waals surface area contributed by atoms with E-state index in [0.29, 0.717) is 17.1 Å². The molecule has 0 bridgehead atoms. The number of hydrogen-bond acceptors (Lipinski definition) is 4. The van der Waals surface area contributed by atoms with Gasteiger partial charge in [0.1, 0.15) is 4.88 Å². The Morgan fingerprint density at radius 2 is 2.25 bits per heavy atom. The number of benzene rings is 1. The Bertz CT molecular complexity index is 626. The lowest BCUT2D eigenvalue weighted by atomic mass is 10.2. The molecule has 1 heterocycles. The minimum Gasteiger partial charge on any atom is -0.397 e. The topological polar surface area (TPSA) is 58.4 Å². The van der Waals surface area contributed by atoms with Crippen LogP contribution in [0.5, 0.6) is 0 Å². The smallest absolute Gasteiger partial charge is 0.263 e. The molecule has 0 fully saturated rings. The van der Waals surface area contributed by atoms with Gasteiger partial charge in [-0.2, -0.15) is 0 Å². The Hall–Kier alpha value is -1.11. The number of carbonyl (C=O) groups is 1. The van der Waals surface area contributed by atoms with Crippen molar-refractivity contribution in [3.05, 3.63) is 27.5 Å². The number of carbonyl (C=O) groups excluding carboxylic acids is 1. The van der Waals surface area contributed by atoms with Gasteiger partial charge in [-0.25, -0.2) is 0 Å². The molecule has 0 aliphatic carbocycles. The van der Waals surface area contributed by atoms with Gasteiger partial charge in [0, 0.05) is 27.6 Å². The first kappa shape index (κ1) is 15.3. The number of halogens is 1. The number of fused-ring (bicyclic) bond motifs is 1. The number of likely N-dealkylation sites (N-methyl/N-ethyl adjacent to an activating group) is 1. The van der Waals surface area contributed by atoms with Crippen molar-refractivity contribution < 1.29 is 4.79 Å². The maximum absolute atomic E-state index is 12.2. The lowest BCUT2D eigenvalue weighted by molar-refractivity contribution is 0.0955. The first-order valence-electron chi connectivity index (χ1n) is 6.47. The molecule has 0 atom stereocenters. The third-order valence-electron chi connectivity index (χ3n) is 3.23. The highest BCUT2D eigenvalue weighted by atomic mass is 79.9. The van der Waals surface area contributed by atoms with E-state index in [1.165, 1.54) is 11.3 Å². The van der Waals surface area contributed by atoms with Crippen molar-refractivity contribution in [2.45, 2.75) is 6.92 Å². The molecule has 1 aromatic carbocycles. The van der Waals surface area contributed by atoms with Gasteiger partial charge < -0.3 is 16.0 Å². The average Bonchev–Trinajstić information content (AvgIpc) is 2.77. The molecular weight excluding hydrogens is 338 g/mol. The molecule has 0 unspecified atom stereocenters. The molecule has 0 radical (unpaired) electrons. The van der Waals surface area contributed by atoms with Crippen LogP contribution in [0.3, 0.4) is 0 Å². The largest absolute Gasteiger partial charge is 0.397 e. The maximum atomic E-state index is 12.2. The van der Waals surface area contributed by atoms with Gasteiger partial charge in [-0.05, 0) is 25.7 Å². The van der Waals surface area contributed by atoms with E-state index in [-0.39, 0.29) is 5.91 Å². The fourth-order valence-corrected chi connectivity index (χ4v) is 3.67. The SMILES string of the molecule is CCN(C)CCNC(=O)c1sc2cccc(Br)c2c1N. The van der Waals surface area contributed by atoms with Crippen molar-refractivity contribution in [2.24, 2.45) is 0 Å². The number of amides is 1. The number of nitrogens with two attached hydrogens (primary N) is 1. The van der Waals surface area contributed by atoms with E-state index < -0.39 is 0 Å². The molecule has 1 aromatic heterocycles. The number of anilines is 1. The Kier molecular flexibility index (Phi) is 5.01. The van der Waals surface area contributed by atoms with Gasteiger partial charge in [0.2, 0.25) is 0 Å². The summed E-state index contributed by atoms with van der Waals surface area (Å²) >= 11 is 4.91. The van der Waals surface area contributed by atoms with Crippen LogP contribution < -0.4 is 11.1 Å². The van der Waals surface area contributed by atoms with Gasteiger partial charge in [0.15, 0.2) is 0 Å². The quantitative estimate of drug-likeness (QED) is 0.866.